The summed E-state index contributed by atoms with van der Waals surface area (Å²) in [5.41, 5.74) is 0.647. The Morgan fingerprint density at radius 1 is 1.30 bits per heavy atom. The molecule has 2 amide bonds. The summed E-state index contributed by atoms with van der Waals surface area (Å²) in [5, 5.41) is 10.5. The van der Waals surface area contributed by atoms with E-state index in [1.54, 1.807) is 18.2 Å². The molecule has 102 valence electrons. The van der Waals surface area contributed by atoms with Crippen molar-refractivity contribution in [1.29, 1.82) is 0 Å². The number of hydrogen-bond acceptors (Lipinski definition) is 4. The first-order valence-corrected chi connectivity index (χ1v) is 6.02. The van der Waals surface area contributed by atoms with Crippen LogP contribution >= 0.6 is 0 Å². The zero-order chi connectivity index (χ0) is 14.5. The lowest BCUT2D eigenvalue weighted by Crippen LogP contribution is -2.37. The molecule has 0 bridgehead atoms. The van der Waals surface area contributed by atoms with Crippen molar-refractivity contribution in [3.8, 4) is 0 Å². The molecule has 20 heavy (non-hydrogen) atoms. The van der Waals surface area contributed by atoms with Crippen LogP contribution in [0.25, 0.3) is 6.08 Å². The normalized spacial score (nSPS) is 14.8. The second-order valence-electron chi connectivity index (χ2n) is 4.20. The van der Waals surface area contributed by atoms with Gasteiger partial charge in [-0.25, -0.2) is 0 Å². The highest BCUT2D eigenvalue weighted by atomic mass is 16.6. The maximum atomic E-state index is 11.8. The minimum Gasteiger partial charge on any atom is -0.275 e. The molecule has 1 aliphatic heterocycles. The number of imide groups is 1. The standard InChI is InChI=1S/C14H12N2O4/c17-13-3-1-2-10-15(13)14(18)9-6-11-4-7-12(8-5-11)16(19)20/h1,3-9H,2,10H2. The smallest absolute Gasteiger partial charge is 0.269 e. The second kappa shape index (κ2) is 5.92. The molecular formula is C14H12N2O4. The maximum absolute atomic E-state index is 11.8. The first-order chi connectivity index (χ1) is 9.58. The molecule has 0 aliphatic carbocycles. The van der Waals surface area contributed by atoms with Gasteiger partial charge in [-0.2, -0.15) is 0 Å². The molecule has 0 radical (unpaired) electrons. The van der Waals surface area contributed by atoms with Gasteiger partial charge in [0.05, 0.1) is 4.92 Å². The fourth-order valence-electron chi connectivity index (χ4n) is 1.77. The lowest BCUT2D eigenvalue weighted by atomic mass is 10.2. The predicted molar refractivity (Wildman–Crippen MR) is 72.6 cm³/mol. The predicted octanol–water partition coefficient (Wildman–Crippen LogP) is 1.92. The number of carbonyl (C=O) groups is 2. The van der Waals surface area contributed by atoms with Crippen molar-refractivity contribution in [2.75, 3.05) is 6.54 Å². The molecule has 0 atom stereocenters. The van der Waals surface area contributed by atoms with E-state index < -0.39 is 10.8 Å². The fourth-order valence-corrected chi connectivity index (χ4v) is 1.77. The van der Waals surface area contributed by atoms with Crippen molar-refractivity contribution in [3.63, 3.8) is 0 Å². The van der Waals surface area contributed by atoms with Crippen LogP contribution in [0.4, 0.5) is 5.69 Å². The molecule has 6 heteroatoms. The highest BCUT2D eigenvalue weighted by Gasteiger charge is 2.18. The average molecular weight is 272 g/mol. The van der Waals surface area contributed by atoms with E-state index in [0.717, 1.165) is 4.90 Å². The fraction of sp³-hybridized carbons (Fsp3) is 0.143. The topological polar surface area (TPSA) is 80.5 Å². The van der Waals surface area contributed by atoms with Gasteiger partial charge in [0.15, 0.2) is 0 Å². The number of amides is 2. The molecule has 0 aromatic heterocycles. The van der Waals surface area contributed by atoms with Gasteiger partial charge in [-0.15, -0.1) is 0 Å². The van der Waals surface area contributed by atoms with Crippen molar-refractivity contribution < 1.29 is 14.5 Å². The van der Waals surface area contributed by atoms with Crippen LogP contribution in [0.2, 0.25) is 0 Å². The van der Waals surface area contributed by atoms with Gasteiger partial charge >= 0.3 is 0 Å². The van der Waals surface area contributed by atoms with Gasteiger partial charge in [0, 0.05) is 24.8 Å². The van der Waals surface area contributed by atoms with E-state index in [4.69, 9.17) is 0 Å². The number of carbonyl (C=O) groups excluding carboxylic acids is 2. The summed E-state index contributed by atoms with van der Waals surface area (Å²) in [5.74, 6) is -0.715. The Morgan fingerprint density at radius 3 is 2.60 bits per heavy atom. The average Bonchev–Trinajstić information content (AvgIpc) is 2.45. The Labute approximate surface area is 115 Å². The van der Waals surface area contributed by atoms with Crippen LogP contribution in [0.3, 0.4) is 0 Å². The summed E-state index contributed by atoms with van der Waals surface area (Å²) in [6, 6.07) is 5.80. The Morgan fingerprint density at radius 2 is 2.00 bits per heavy atom. The lowest BCUT2D eigenvalue weighted by Gasteiger charge is -2.19. The van der Waals surface area contributed by atoms with Crippen LogP contribution in [0.5, 0.6) is 0 Å². The zero-order valence-electron chi connectivity index (χ0n) is 10.6. The number of nitrogens with zero attached hydrogens (tertiary/aromatic N) is 2. The Bertz CT molecular complexity index is 602. The van der Waals surface area contributed by atoms with Gasteiger partial charge in [0.25, 0.3) is 17.5 Å². The second-order valence-corrected chi connectivity index (χ2v) is 4.20. The van der Waals surface area contributed by atoms with Crippen molar-refractivity contribution >= 4 is 23.6 Å². The summed E-state index contributed by atoms with van der Waals surface area (Å²) in [7, 11) is 0. The highest BCUT2D eigenvalue weighted by molar-refractivity contribution is 6.06. The molecule has 0 spiro atoms. The van der Waals surface area contributed by atoms with Gasteiger partial charge in [0.2, 0.25) is 0 Å². The number of nitro benzene ring substituents is 1. The van der Waals surface area contributed by atoms with Gasteiger partial charge < -0.3 is 0 Å². The minimum atomic E-state index is -0.489. The zero-order valence-corrected chi connectivity index (χ0v) is 10.6. The molecule has 1 heterocycles. The van der Waals surface area contributed by atoms with E-state index in [1.165, 1.54) is 30.4 Å². The molecular weight excluding hydrogens is 260 g/mol. The maximum Gasteiger partial charge on any atom is 0.269 e. The quantitative estimate of drug-likeness (QED) is 0.478. The van der Waals surface area contributed by atoms with Gasteiger partial charge in [-0.1, -0.05) is 6.08 Å². The SMILES string of the molecule is O=C1C=CCCN1C(=O)C=Cc1ccc([N+](=O)[O-])cc1. The van der Waals surface area contributed by atoms with Crippen LogP contribution in [0.15, 0.2) is 42.5 Å². The molecule has 2 rings (SSSR count). The molecule has 1 aromatic rings. The molecule has 0 saturated heterocycles. The lowest BCUT2D eigenvalue weighted by molar-refractivity contribution is -0.384. The van der Waals surface area contributed by atoms with Gasteiger partial charge in [0.1, 0.15) is 0 Å². The molecule has 6 nitrogen and oxygen atoms in total. The highest BCUT2D eigenvalue weighted by Crippen LogP contribution is 2.13. The summed E-state index contributed by atoms with van der Waals surface area (Å²) in [6.45, 7) is 0.374. The minimum absolute atomic E-state index is 0.00942. The molecule has 1 aromatic carbocycles. The summed E-state index contributed by atoms with van der Waals surface area (Å²) in [4.78, 5) is 34.5. The van der Waals surface area contributed by atoms with Crippen LogP contribution in [0, 0.1) is 10.1 Å². The first kappa shape index (κ1) is 13.7. The third-order valence-electron chi connectivity index (χ3n) is 2.83. The molecule has 1 aliphatic rings. The molecule has 0 N–H and O–H groups in total. The van der Waals surface area contributed by atoms with Crippen molar-refractivity contribution in [2.45, 2.75) is 6.42 Å². The molecule has 0 unspecified atom stereocenters. The molecule has 0 saturated carbocycles. The summed E-state index contributed by atoms with van der Waals surface area (Å²) in [6.07, 6.45) is 6.58. The third kappa shape index (κ3) is 3.17. The van der Waals surface area contributed by atoms with Crippen LogP contribution < -0.4 is 0 Å². The number of hydrogen-bond donors (Lipinski definition) is 0. The largest absolute Gasteiger partial charge is 0.275 e. The van der Waals surface area contributed by atoms with Crippen molar-refractivity contribution in [2.24, 2.45) is 0 Å². The number of nitro groups is 1. The Balaban J connectivity index is 2.05. The number of benzene rings is 1. The van der Waals surface area contributed by atoms with E-state index in [0.29, 0.717) is 18.5 Å². The Hall–Kier alpha value is -2.76. The Kier molecular flexibility index (Phi) is 4.05. The van der Waals surface area contributed by atoms with Gasteiger partial charge in [-0.3, -0.25) is 24.6 Å². The van der Waals surface area contributed by atoms with Crippen LogP contribution in [-0.4, -0.2) is 28.2 Å². The third-order valence-corrected chi connectivity index (χ3v) is 2.83. The van der Waals surface area contributed by atoms with E-state index >= 15 is 0 Å². The van der Waals surface area contributed by atoms with E-state index in [1.807, 2.05) is 0 Å². The number of non-ortho nitro benzene ring substituents is 1. The summed E-state index contributed by atoms with van der Waals surface area (Å²) < 4.78 is 0. The van der Waals surface area contributed by atoms with Crippen molar-refractivity contribution in [3.05, 3.63) is 58.2 Å². The van der Waals surface area contributed by atoms with Gasteiger partial charge in [-0.05, 0) is 36.3 Å². The van der Waals surface area contributed by atoms with E-state index in [-0.39, 0.29) is 11.6 Å². The van der Waals surface area contributed by atoms with E-state index in [9.17, 15) is 19.7 Å². The first-order valence-electron chi connectivity index (χ1n) is 6.02. The summed E-state index contributed by atoms with van der Waals surface area (Å²) >= 11 is 0. The van der Waals surface area contributed by atoms with E-state index in [2.05, 4.69) is 0 Å². The van der Waals surface area contributed by atoms with Crippen molar-refractivity contribution in [1.82, 2.24) is 4.90 Å². The monoisotopic (exact) mass is 272 g/mol. The number of rotatable bonds is 3. The van der Waals surface area contributed by atoms with Crippen LogP contribution in [-0.2, 0) is 9.59 Å². The molecule has 0 fully saturated rings. The van der Waals surface area contributed by atoms with Crippen LogP contribution in [0.1, 0.15) is 12.0 Å².